The van der Waals surface area contributed by atoms with Gasteiger partial charge in [-0.1, -0.05) is 83.9 Å². The number of aryl methyl sites for hydroxylation is 6. The number of rotatable bonds is 5. The first-order chi connectivity index (χ1) is 30.9. The molecule has 8 aromatic carbocycles. The molecule has 0 atom stereocenters. The van der Waals surface area contributed by atoms with Gasteiger partial charge in [-0.25, -0.2) is 22.0 Å². The second kappa shape index (κ2) is 14.9. The minimum absolute atomic E-state index is 0.318. The first kappa shape index (κ1) is 41.8. The molecule has 2 nitrogen and oxygen atoms in total. The molecule has 2 aromatic heterocycles. The molecule has 0 saturated carbocycles. The second-order valence-electron chi connectivity index (χ2n) is 17.0. The first-order valence-electron chi connectivity index (χ1n) is 20.9. The third-order valence-corrected chi connectivity index (χ3v) is 12.6. The largest absolute Gasteiger partial charge is 0.420 e. The minimum Gasteiger partial charge on any atom is -0.309 e. The maximum absolute atomic E-state index is 16.4. The van der Waals surface area contributed by atoms with Crippen LogP contribution < -0.4 is 0 Å². The Morgan fingerprint density at radius 1 is 0.354 bits per heavy atom. The van der Waals surface area contributed by atoms with Crippen LogP contribution >= 0.6 is 0 Å². The standard InChI is InChI=1S/C55H38F8N2/c1-27-19-29(3)46(30(4)20-27)33-15-17-42-38(23-33)36-11-7-9-13-40(36)64(42)44-25-35(48-50(56)52(58)54(60)53(59)51(48)57)26-45(49(44)55(61,62)63)65-41-14-10-8-12-37(41)39-24-34(16-18-43(39)65)47-31(5)21-28(2)22-32(47)6/h7-26H,1-6H3. The van der Waals surface area contributed by atoms with Crippen molar-refractivity contribution in [3.63, 3.8) is 0 Å². The van der Waals surface area contributed by atoms with E-state index in [4.69, 9.17) is 0 Å². The lowest BCUT2D eigenvalue weighted by molar-refractivity contribution is -0.137. The number of hydrogen-bond donors (Lipinski definition) is 0. The van der Waals surface area contributed by atoms with Crippen molar-refractivity contribution < 1.29 is 35.1 Å². The molecule has 0 saturated heterocycles. The minimum atomic E-state index is -5.15. The molecule has 0 aliphatic carbocycles. The lowest BCUT2D eigenvalue weighted by Gasteiger charge is -2.23. The Morgan fingerprint density at radius 3 is 1.09 bits per heavy atom. The average Bonchev–Trinajstić information content (AvgIpc) is 3.76. The summed E-state index contributed by atoms with van der Waals surface area (Å²) >= 11 is 0. The van der Waals surface area contributed by atoms with Gasteiger partial charge in [0, 0.05) is 21.5 Å². The lowest BCUT2D eigenvalue weighted by atomic mass is 9.93. The third kappa shape index (κ3) is 6.44. The summed E-state index contributed by atoms with van der Waals surface area (Å²) in [6, 6.07) is 34.5. The quantitative estimate of drug-likeness (QED) is 0.0926. The van der Waals surface area contributed by atoms with Gasteiger partial charge in [0.1, 0.15) is 5.56 Å². The smallest absolute Gasteiger partial charge is 0.309 e. The highest BCUT2D eigenvalue weighted by molar-refractivity contribution is 6.12. The summed E-state index contributed by atoms with van der Waals surface area (Å²) in [5, 5.41) is 2.32. The predicted octanol–water partition coefficient (Wildman–Crippen LogP) is 16.4. The van der Waals surface area contributed by atoms with Gasteiger partial charge in [0.05, 0.1) is 39.0 Å². The van der Waals surface area contributed by atoms with E-state index in [-0.39, 0.29) is 0 Å². The molecule has 0 unspecified atom stereocenters. The molecule has 10 heteroatoms. The first-order valence-corrected chi connectivity index (χ1v) is 20.9. The van der Waals surface area contributed by atoms with Crippen molar-refractivity contribution in [1.82, 2.24) is 9.13 Å². The van der Waals surface area contributed by atoms with Crippen molar-refractivity contribution in [1.29, 1.82) is 0 Å². The van der Waals surface area contributed by atoms with Crippen molar-refractivity contribution in [2.24, 2.45) is 0 Å². The van der Waals surface area contributed by atoms with Crippen LogP contribution in [0.5, 0.6) is 0 Å². The SMILES string of the molecule is Cc1cc(C)c(-c2ccc3c(c2)c2ccccc2n3-c2cc(-c3c(F)c(F)c(F)c(F)c3F)cc(-n3c4ccccc4c4cc(-c5c(C)cc(C)cc5C)ccc43)c2C(F)(F)F)c(C)c1. The monoisotopic (exact) mass is 878 g/mol. The molecule has 0 aliphatic rings. The molecule has 0 aliphatic heterocycles. The number of halogens is 8. The number of para-hydroxylation sites is 2. The van der Waals surface area contributed by atoms with Gasteiger partial charge in [0.25, 0.3) is 0 Å². The highest BCUT2D eigenvalue weighted by Crippen LogP contribution is 2.48. The summed E-state index contributed by atoms with van der Waals surface area (Å²) in [7, 11) is 0. The molecule has 0 radical (unpaired) electrons. The zero-order valence-corrected chi connectivity index (χ0v) is 36.0. The Bertz CT molecular complexity index is 3390. The molecule has 0 amide bonds. The molecule has 324 valence electrons. The van der Waals surface area contributed by atoms with Crippen molar-refractivity contribution in [3.05, 3.63) is 189 Å². The Morgan fingerprint density at radius 2 is 0.708 bits per heavy atom. The van der Waals surface area contributed by atoms with Crippen molar-refractivity contribution in [2.45, 2.75) is 47.7 Å². The van der Waals surface area contributed by atoms with E-state index in [1.54, 1.807) is 60.7 Å². The number of alkyl halides is 3. The van der Waals surface area contributed by atoms with E-state index >= 15 is 30.7 Å². The number of nitrogens with zero attached hydrogens (tertiary/aromatic N) is 2. The van der Waals surface area contributed by atoms with E-state index in [9.17, 15) is 4.39 Å². The van der Waals surface area contributed by atoms with Crippen molar-refractivity contribution in [2.75, 3.05) is 0 Å². The number of aromatic nitrogens is 2. The van der Waals surface area contributed by atoms with Gasteiger partial charge >= 0.3 is 6.18 Å². The zero-order valence-electron chi connectivity index (χ0n) is 36.0. The van der Waals surface area contributed by atoms with Gasteiger partial charge in [-0.2, -0.15) is 13.2 Å². The summed E-state index contributed by atoms with van der Waals surface area (Å²) < 4.78 is 129. The molecule has 2 heterocycles. The average molecular weight is 879 g/mol. The van der Waals surface area contributed by atoms with Crippen molar-refractivity contribution in [3.8, 4) is 44.8 Å². The van der Waals surface area contributed by atoms with Gasteiger partial charge in [0.2, 0.25) is 5.82 Å². The van der Waals surface area contributed by atoms with E-state index in [0.717, 1.165) is 67.8 Å². The summed E-state index contributed by atoms with van der Waals surface area (Å²) in [4.78, 5) is 0. The second-order valence-corrected chi connectivity index (χ2v) is 17.0. The van der Waals surface area contributed by atoms with Gasteiger partial charge in [0.15, 0.2) is 23.3 Å². The Balaban J connectivity index is 1.36. The highest BCUT2D eigenvalue weighted by Gasteiger charge is 2.40. The van der Waals surface area contributed by atoms with Crippen LogP contribution in [0.4, 0.5) is 35.1 Å². The normalized spacial score (nSPS) is 12.2. The molecular formula is C55H38F8N2. The van der Waals surface area contributed by atoms with E-state index in [1.165, 1.54) is 9.13 Å². The van der Waals surface area contributed by atoms with Crippen LogP contribution in [-0.4, -0.2) is 9.13 Å². The van der Waals surface area contributed by atoms with E-state index in [1.807, 2.05) is 65.8 Å². The molecule has 10 aromatic rings. The maximum Gasteiger partial charge on any atom is 0.420 e. The molecule has 0 spiro atoms. The van der Waals surface area contributed by atoms with Gasteiger partial charge in [-0.3, -0.25) is 0 Å². The van der Waals surface area contributed by atoms with Crippen LogP contribution in [0.3, 0.4) is 0 Å². The fourth-order valence-corrected chi connectivity index (χ4v) is 10.3. The fourth-order valence-electron chi connectivity index (χ4n) is 10.3. The number of hydrogen-bond acceptors (Lipinski definition) is 0. The van der Waals surface area contributed by atoms with E-state index in [0.29, 0.717) is 43.6 Å². The maximum atomic E-state index is 16.4. The topological polar surface area (TPSA) is 9.86 Å². The molecule has 0 bridgehead atoms. The summed E-state index contributed by atoms with van der Waals surface area (Å²) in [5.74, 6) is -11.2. The molecular weight excluding hydrogens is 841 g/mol. The van der Waals surface area contributed by atoms with Gasteiger partial charge < -0.3 is 9.13 Å². The number of benzene rings is 8. The Labute approximate surface area is 368 Å². The molecule has 65 heavy (non-hydrogen) atoms. The highest BCUT2D eigenvalue weighted by atomic mass is 19.4. The Hall–Kier alpha value is -7.20. The fraction of sp³-hybridized carbons (Fsp3) is 0.127. The summed E-state index contributed by atoms with van der Waals surface area (Å²) in [6.45, 7) is 12.0. The van der Waals surface area contributed by atoms with Crippen LogP contribution in [0.25, 0.3) is 88.4 Å². The Kier molecular flexibility index (Phi) is 9.61. The van der Waals surface area contributed by atoms with Crippen LogP contribution in [-0.2, 0) is 6.18 Å². The van der Waals surface area contributed by atoms with E-state index in [2.05, 4.69) is 24.3 Å². The lowest BCUT2D eigenvalue weighted by Crippen LogP contribution is -2.16. The van der Waals surface area contributed by atoms with Crippen LogP contribution in [0.1, 0.15) is 38.9 Å². The number of fused-ring (bicyclic) bond motifs is 6. The molecule has 0 N–H and O–H groups in total. The van der Waals surface area contributed by atoms with Crippen LogP contribution in [0.15, 0.2) is 121 Å². The van der Waals surface area contributed by atoms with Gasteiger partial charge in [-0.05, 0) is 140 Å². The zero-order chi connectivity index (χ0) is 46.0. The van der Waals surface area contributed by atoms with Crippen LogP contribution in [0, 0.1) is 70.6 Å². The molecule has 10 rings (SSSR count). The summed E-state index contributed by atoms with van der Waals surface area (Å²) in [5.41, 5.74) is 6.65. The van der Waals surface area contributed by atoms with E-state index < -0.39 is 63.3 Å². The predicted molar refractivity (Wildman–Crippen MR) is 245 cm³/mol. The molecule has 0 fully saturated rings. The van der Waals surface area contributed by atoms with Crippen molar-refractivity contribution >= 4 is 43.6 Å². The van der Waals surface area contributed by atoms with Gasteiger partial charge in [-0.15, -0.1) is 0 Å². The summed E-state index contributed by atoms with van der Waals surface area (Å²) in [6.07, 6.45) is -5.15. The third-order valence-electron chi connectivity index (χ3n) is 12.6. The van der Waals surface area contributed by atoms with Crippen LogP contribution in [0.2, 0.25) is 0 Å².